The Morgan fingerprint density at radius 1 is 0.209 bits per heavy atom. The SMILES string of the molecule is CC(C)(C)Cc1cccc(-c2cc(N3c4cc(-n5c6ccc(C(C)(C)C)cc6c6cc(C(C)(C)C)ccc65)ccc4B4c5ccc(-n6c7ccc(C(C)(C)C)cc7c7cc(C(C)(C)C)ccc76)cc5N(c5cc(-c6cccc(CC(C)(C)C)c6)c(CC(C)(C)C)cc5-c5cccc(CC(C)(C)C)c5)c5cc(CC(C)(C)C)cc3c54)c(-c3cccc(CC(C)(C)C)c3)cc2CC(C)(C)C)c1. The molecule has 0 unspecified atom stereocenters. The van der Waals surface area contributed by atoms with Gasteiger partial charge >= 0.3 is 0 Å². The second-order valence-corrected chi connectivity index (χ2v) is 53.3. The summed E-state index contributed by atoms with van der Waals surface area (Å²) in [6, 6.07) is 99.7. The van der Waals surface area contributed by atoms with Crippen LogP contribution in [0.15, 0.2) is 243 Å². The van der Waals surface area contributed by atoms with E-state index in [-0.39, 0.29) is 66.3 Å². The number of benzene rings is 13. The van der Waals surface area contributed by atoms with Gasteiger partial charge in [-0.15, -0.1) is 0 Å². The molecule has 4 heterocycles. The number of anilines is 6. The summed E-state index contributed by atoms with van der Waals surface area (Å²) in [6.07, 6.45) is 6.35. The number of hydrogen-bond acceptors (Lipinski definition) is 2. The number of fused-ring (bicyclic) bond motifs is 10. The maximum Gasteiger partial charge on any atom is 0.252 e. The summed E-state index contributed by atoms with van der Waals surface area (Å²) in [5.41, 5.74) is 42.2. The van der Waals surface area contributed by atoms with Crippen molar-refractivity contribution in [2.75, 3.05) is 9.80 Å². The lowest BCUT2D eigenvalue weighted by Crippen LogP contribution is -2.61. The van der Waals surface area contributed by atoms with Gasteiger partial charge in [-0.2, -0.15) is 0 Å². The fourth-order valence-corrected chi connectivity index (χ4v) is 21.9. The van der Waals surface area contributed by atoms with Gasteiger partial charge < -0.3 is 18.9 Å². The molecule has 0 N–H and O–H groups in total. The molecule has 4 nitrogen and oxygen atoms in total. The molecule has 0 saturated carbocycles. The van der Waals surface area contributed by atoms with Gasteiger partial charge in [0, 0.05) is 66.8 Å². The molecule has 692 valence electrons. The van der Waals surface area contributed by atoms with Crippen molar-refractivity contribution in [1.29, 1.82) is 0 Å². The number of nitrogens with zero attached hydrogens (tertiary/aromatic N) is 4. The molecular weight excluding hydrogens is 1620 g/mol. The quantitative estimate of drug-likeness (QED) is 0.0951. The third-order valence-corrected chi connectivity index (χ3v) is 27.6. The van der Waals surface area contributed by atoms with Gasteiger partial charge in [0.25, 0.3) is 6.71 Å². The van der Waals surface area contributed by atoms with Crippen molar-refractivity contribution < 1.29 is 0 Å². The topological polar surface area (TPSA) is 16.3 Å². The predicted molar refractivity (Wildman–Crippen MR) is 588 cm³/mol. The Morgan fingerprint density at radius 3 is 0.731 bits per heavy atom. The minimum Gasteiger partial charge on any atom is -0.311 e. The molecule has 134 heavy (non-hydrogen) atoms. The predicted octanol–water partition coefficient (Wildman–Crippen LogP) is 34.9. The molecular formula is C129H153BN4. The fourth-order valence-electron chi connectivity index (χ4n) is 21.9. The van der Waals surface area contributed by atoms with Gasteiger partial charge in [-0.1, -0.05) is 362 Å². The average Bonchev–Trinajstić information content (AvgIpc) is 0.973. The van der Waals surface area contributed by atoms with Crippen LogP contribution in [0.2, 0.25) is 0 Å². The summed E-state index contributed by atoms with van der Waals surface area (Å²) in [6.45, 7) is 78.7. The van der Waals surface area contributed by atoms with Gasteiger partial charge in [0.15, 0.2) is 0 Å². The van der Waals surface area contributed by atoms with Gasteiger partial charge in [0.05, 0.1) is 33.4 Å². The first-order chi connectivity index (χ1) is 62.2. The van der Waals surface area contributed by atoms with Crippen LogP contribution in [-0.2, 0) is 66.6 Å². The van der Waals surface area contributed by atoms with Crippen LogP contribution in [0.5, 0.6) is 0 Å². The van der Waals surface area contributed by atoms with E-state index in [0.29, 0.717) is 0 Å². The van der Waals surface area contributed by atoms with E-state index < -0.39 is 0 Å². The van der Waals surface area contributed by atoms with E-state index in [2.05, 4.69) is 490 Å². The van der Waals surface area contributed by atoms with Crippen molar-refractivity contribution in [2.24, 2.45) is 37.9 Å². The number of hydrogen-bond donors (Lipinski definition) is 0. The van der Waals surface area contributed by atoms with Crippen molar-refractivity contribution in [3.8, 4) is 55.9 Å². The first-order valence-corrected chi connectivity index (χ1v) is 50.2. The van der Waals surface area contributed by atoms with Crippen LogP contribution in [-0.4, -0.2) is 15.8 Å². The summed E-state index contributed by atoms with van der Waals surface area (Å²) in [7, 11) is 0. The smallest absolute Gasteiger partial charge is 0.252 e. The standard InChI is InChI=1S/C129H153BN4/c1-119(2,3)74-81-38-34-42-86(58-81)98-72-112(100(64-90(98)79-124(16,17)18)88-44-36-40-83(60-88)76-121(7,8)9)133-114-70-96(131-108-54-46-92(126(22,23)24)66-102(108)103-67-93(127(25,26)27)47-55-109(103)131)50-52-106(114)130-107-53-51-97(132-110-56-48-94(128(28,29)30)68-104(110)105-69-95(129(31,32)33)49-57-111(105)132)71-115(107)134(117-63-85(78-123(13,14)15)62-116(133)118(117)130)113-73-99(87-43-35-39-82(59-87)75-120(4,5)6)91(80-125(19,20)21)65-101(113)89-45-37-41-84(61-89)77-122(10,11)12/h34-73H,74-80H2,1-33H3. The largest absolute Gasteiger partial charge is 0.311 e. The zero-order chi connectivity index (χ0) is 96.6. The van der Waals surface area contributed by atoms with Gasteiger partial charge in [-0.05, 0) is 325 Å². The Balaban J connectivity index is 1.08. The molecule has 0 spiro atoms. The zero-order valence-corrected chi connectivity index (χ0v) is 87.9. The first-order valence-electron chi connectivity index (χ1n) is 50.2. The Hall–Kier alpha value is -10.9. The van der Waals surface area contributed by atoms with Crippen molar-refractivity contribution in [3.05, 3.63) is 304 Å². The second kappa shape index (κ2) is 33.5. The molecule has 2 aliphatic heterocycles. The third-order valence-electron chi connectivity index (χ3n) is 27.6. The maximum atomic E-state index is 2.83. The van der Waals surface area contributed by atoms with Crippen molar-refractivity contribution >= 4 is 101 Å². The molecule has 0 bridgehead atoms. The highest BCUT2D eigenvalue weighted by Gasteiger charge is 2.46. The van der Waals surface area contributed by atoms with Crippen molar-refractivity contribution in [3.63, 3.8) is 0 Å². The zero-order valence-electron chi connectivity index (χ0n) is 87.9. The van der Waals surface area contributed by atoms with E-state index in [1.807, 2.05) is 0 Å². The molecule has 0 saturated heterocycles. The van der Waals surface area contributed by atoms with Gasteiger partial charge in [0.2, 0.25) is 0 Å². The molecule has 0 radical (unpaired) electrons. The van der Waals surface area contributed by atoms with Gasteiger partial charge in [0.1, 0.15) is 0 Å². The molecule has 15 aromatic rings. The van der Waals surface area contributed by atoms with Crippen LogP contribution >= 0.6 is 0 Å². The van der Waals surface area contributed by atoms with Crippen LogP contribution in [0.3, 0.4) is 0 Å². The van der Waals surface area contributed by atoms with Gasteiger partial charge in [-0.3, -0.25) is 0 Å². The Morgan fingerprint density at radius 2 is 0.470 bits per heavy atom. The minimum atomic E-state index is -0.271. The van der Waals surface area contributed by atoms with Crippen LogP contribution in [0.25, 0.3) is 99.5 Å². The van der Waals surface area contributed by atoms with Crippen LogP contribution < -0.4 is 26.2 Å². The van der Waals surface area contributed by atoms with E-state index in [0.717, 1.165) is 67.7 Å². The molecule has 13 aromatic carbocycles. The number of aromatic nitrogens is 2. The first kappa shape index (κ1) is 94.9. The summed E-state index contributed by atoms with van der Waals surface area (Å²) < 4.78 is 5.24. The Kier molecular flexibility index (Phi) is 23.7. The monoisotopic (exact) mass is 1770 g/mol. The molecule has 0 amide bonds. The summed E-state index contributed by atoms with van der Waals surface area (Å²) >= 11 is 0. The fraction of sp³-hybridized carbons (Fsp3) is 0.395. The average molecular weight is 1770 g/mol. The highest BCUT2D eigenvalue weighted by Crippen LogP contribution is 2.55. The third kappa shape index (κ3) is 19.7. The van der Waals surface area contributed by atoms with E-state index in [1.54, 1.807) is 0 Å². The molecule has 2 aliphatic rings. The lowest BCUT2D eigenvalue weighted by atomic mass is 9.33. The Labute approximate surface area is 807 Å². The maximum absolute atomic E-state index is 2.83. The van der Waals surface area contributed by atoms with Crippen LogP contribution in [0.1, 0.15) is 290 Å². The molecule has 0 fully saturated rings. The second-order valence-electron chi connectivity index (χ2n) is 53.3. The minimum absolute atomic E-state index is 0.0394. The number of rotatable bonds is 15. The lowest BCUT2D eigenvalue weighted by molar-refractivity contribution is 0.410. The van der Waals surface area contributed by atoms with E-state index >= 15 is 0 Å². The van der Waals surface area contributed by atoms with E-state index in [1.165, 1.54) is 188 Å². The molecule has 0 atom stereocenters. The summed E-state index contributed by atoms with van der Waals surface area (Å²) in [4.78, 5) is 5.67. The van der Waals surface area contributed by atoms with Crippen molar-refractivity contribution in [2.45, 2.75) is 295 Å². The van der Waals surface area contributed by atoms with Crippen molar-refractivity contribution in [1.82, 2.24) is 9.13 Å². The lowest BCUT2D eigenvalue weighted by Gasteiger charge is -2.46. The highest BCUT2D eigenvalue weighted by molar-refractivity contribution is 7.00. The molecule has 0 aliphatic carbocycles. The Bertz CT molecular complexity index is 6540. The summed E-state index contributed by atoms with van der Waals surface area (Å²) in [5.74, 6) is 0. The van der Waals surface area contributed by atoms with Gasteiger partial charge in [-0.25, -0.2) is 0 Å². The molecule has 17 rings (SSSR count). The van der Waals surface area contributed by atoms with E-state index in [4.69, 9.17) is 0 Å². The summed E-state index contributed by atoms with van der Waals surface area (Å²) in [5, 5.41) is 5.10. The highest BCUT2D eigenvalue weighted by atomic mass is 15.2. The molecule has 5 heteroatoms. The normalized spacial score (nSPS) is 13.9. The van der Waals surface area contributed by atoms with E-state index in [9.17, 15) is 0 Å². The van der Waals surface area contributed by atoms with Crippen LogP contribution in [0, 0.1) is 37.9 Å². The molecule has 2 aromatic heterocycles. The van der Waals surface area contributed by atoms with Crippen LogP contribution in [0.4, 0.5) is 34.1 Å².